The number of phenols is 6. The topological polar surface area (TPSA) is 302 Å². The van der Waals surface area contributed by atoms with Gasteiger partial charge in [-0.05, 0) is 70.3 Å². The lowest BCUT2D eigenvalue weighted by molar-refractivity contribution is -0.232. The molecule has 2 fully saturated rings. The lowest BCUT2D eigenvalue weighted by Crippen LogP contribution is -2.55. The Bertz CT molecular complexity index is 2080. The molecule has 0 bridgehead atoms. The molecule has 1 aliphatic carbocycles. The number of allylic oxidation sites excluding steroid dienone is 1. The SMILES string of the molecule is OC[C@H]1O[C@@H](c2c(O)cc([C@H]3c4c(cc(O)c([C@@H]5O[C@H](CO)[C@@H](O)[C@H](O)[C@H]5O)c4O)C(=Cc4ccc(O)cc4)[C@@H]3c3ccc(O)cc3)cc2O)[C@H](O)[C@@H](O)[C@@H]1O. The largest absolute Gasteiger partial charge is 0.508 e. The summed E-state index contributed by atoms with van der Waals surface area (Å²) in [5, 5.41) is 150. The molecule has 0 saturated carbocycles. The van der Waals surface area contributed by atoms with Crippen LogP contribution in [-0.2, 0) is 9.47 Å². The van der Waals surface area contributed by atoms with E-state index in [1.807, 2.05) is 0 Å². The van der Waals surface area contributed by atoms with Crippen molar-refractivity contribution >= 4 is 11.6 Å². The van der Waals surface area contributed by atoms with Crippen molar-refractivity contribution in [2.75, 3.05) is 13.2 Å². The van der Waals surface area contributed by atoms with Crippen LogP contribution in [0.15, 0.2) is 66.7 Å². The Kier molecular flexibility index (Phi) is 10.6. The zero-order valence-electron chi connectivity index (χ0n) is 29.3. The van der Waals surface area contributed by atoms with E-state index in [9.17, 15) is 71.5 Å². The van der Waals surface area contributed by atoms with Gasteiger partial charge in [0.15, 0.2) is 0 Å². The fourth-order valence-electron chi connectivity index (χ4n) is 8.16. The fraction of sp³-hybridized carbons (Fsp3) is 0.350. The Balaban J connectivity index is 1.47. The smallest absolute Gasteiger partial charge is 0.129 e. The molecule has 3 aliphatic rings. The van der Waals surface area contributed by atoms with E-state index in [0.29, 0.717) is 16.7 Å². The summed E-state index contributed by atoms with van der Waals surface area (Å²) >= 11 is 0. The lowest BCUT2D eigenvalue weighted by atomic mass is 9.78. The number of ether oxygens (including phenoxy) is 2. The Labute approximate surface area is 318 Å². The third kappa shape index (κ3) is 6.58. The summed E-state index contributed by atoms with van der Waals surface area (Å²) in [5.74, 6) is -4.60. The van der Waals surface area contributed by atoms with Crippen molar-refractivity contribution in [3.8, 4) is 34.5 Å². The summed E-state index contributed by atoms with van der Waals surface area (Å²) < 4.78 is 11.3. The molecule has 0 radical (unpaired) electrons. The van der Waals surface area contributed by atoms with E-state index in [0.717, 1.165) is 0 Å². The molecule has 12 atom stereocenters. The monoisotopic (exact) mass is 778 g/mol. The minimum absolute atomic E-state index is 0.0168. The van der Waals surface area contributed by atoms with E-state index in [2.05, 4.69) is 0 Å². The lowest BCUT2D eigenvalue weighted by Gasteiger charge is -2.40. The number of rotatable bonds is 7. The van der Waals surface area contributed by atoms with Crippen LogP contribution in [0.5, 0.6) is 34.5 Å². The van der Waals surface area contributed by atoms with Gasteiger partial charge in [-0.25, -0.2) is 0 Å². The second-order valence-electron chi connectivity index (χ2n) is 14.3. The average molecular weight is 779 g/mol. The van der Waals surface area contributed by atoms with Crippen molar-refractivity contribution in [2.45, 2.75) is 72.9 Å². The molecule has 7 rings (SSSR count). The highest BCUT2D eigenvalue weighted by Crippen LogP contribution is 2.61. The fourth-order valence-corrected chi connectivity index (χ4v) is 8.16. The van der Waals surface area contributed by atoms with E-state index in [1.54, 1.807) is 30.3 Å². The van der Waals surface area contributed by atoms with Gasteiger partial charge in [-0.2, -0.15) is 0 Å². The molecule has 0 aromatic heterocycles. The van der Waals surface area contributed by atoms with Crippen molar-refractivity contribution in [3.63, 3.8) is 0 Å². The van der Waals surface area contributed by atoms with Gasteiger partial charge in [0.05, 0.1) is 24.3 Å². The standard InChI is InChI=1S/C40H42O16/c41-13-25-32(48)35(51)37(53)39(55-25)30-22(45)10-17(11-23(30)46)28-27(16-3-7-19(44)8-4-16)20(9-15-1-5-18(43)6-2-15)21-12-24(47)31(34(50)29(21)28)40-38(54)36(52)33(49)26(14-42)56-40/h1-12,25-28,32-33,35-54H,13-14H2/t25-,26-,27+,28-,32-,33-,35+,36+,37-,38-,39+,40+/m1/s1. The third-order valence-electron chi connectivity index (χ3n) is 11.0. The summed E-state index contributed by atoms with van der Waals surface area (Å²) in [6.45, 7) is -1.56. The zero-order chi connectivity index (χ0) is 40.3. The summed E-state index contributed by atoms with van der Waals surface area (Å²) in [6, 6.07) is 15.8. The number of hydrogen-bond acceptors (Lipinski definition) is 16. The third-order valence-corrected chi connectivity index (χ3v) is 11.0. The maximum atomic E-state index is 12.3. The number of aromatic hydroxyl groups is 6. The molecule has 0 spiro atoms. The Morgan fingerprint density at radius 3 is 1.45 bits per heavy atom. The molecule has 2 aliphatic heterocycles. The normalized spacial score (nSPS) is 32.4. The van der Waals surface area contributed by atoms with Crippen molar-refractivity contribution in [1.82, 2.24) is 0 Å². The van der Waals surface area contributed by atoms with Gasteiger partial charge in [-0.3, -0.25) is 0 Å². The minimum atomic E-state index is -1.91. The predicted octanol–water partition coefficient (Wildman–Crippen LogP) is 0.420. The minimum Gasteiger partial charge on any atom is -0.508 e. The number of aliphatic hydroxyl groups excluding tert-OH is 8. The summed E-state index contributed by atoms with van der Waals surface area (Å²) in [7, 11) is 0. The maximum Gasteiger partial charge on any atom is 0.129 e. The highest BCUT2D eigenvalue weighted by atomic mass is 16.6. The van der Waals surface area contributed by atoms with Crippen LogP contribution >= 0.6 is 0 Å². The molecule has 0 amide bonds. The van der Waals surface area contributed by atoms with Gasteiger partial charge in [0.2, 0.25) is 0 Å². The van der Waals surface area contributed by atoms with Gasteiger partial charge in [0.25, 0.3) is 0 Å². The van der Waals surface area contributed by atoms with E-state index < -0.39 is 115 Å². The van der Waals surface area contributed by atoms with E-state index in [4.69, 9.17) is 9.47 Å². The van der Waals surface area contributed by atoms with Crippen LogP contribution in [0.2, 0.25) is 0 Å². The molecular formula is C40H42O16. The molecule has 16 heteroatoms. The van der Waals surface area contributed by atoms with Crippen LogP contribution in [0.25, 0.3) is 11.6 Å². The van der Waals surface area contributed by atoms with Gasteiger partial charge in [-0.1, -0.05) is 30.3 Å². The summed E-state index contributed by atoms with van der Waals surface area (Å²) in [6.07, 6.45) is -15.3. The number of hydrogen-bond donors (Lipinski definition) is 14. The van der Waals surface area contributed by atoms with Crippen LogP contribution in [0.4, 0.5) is 0 Å². The van der Waals surface area contributed by atoms with Gasteiger partial charge in [-0.15, -0.1) is 0 Å². The van der Waals surface area contributed by atoms with Crippen molar-refractivity contribution < 1.29 is 81.0 Å². The average Bonchev–Trinajstić information content (AvgIpc) is 3.48. The first kappa shape index (κ1) is 39.3. The number of phenolic OH excluding ortho intramolecular Hbond substituents is 6. The Hall–Kier alpha value is -4.98. The first-order chi connectivity index (χ1) is 26.7. The van der Waals surface area contributed by atoms with E-state index in [1.165, 1.54) is 42.5 Å². The highest BCUT2D eigenvalue weighted by molar-refractivity contribution is 5.93. The van der Waals surface area contributed by atoms with Crippen molar-refractivity contribution in [3.05, 3.63) is 106 Å². The molecule has 2 saturated heterocycles. The first-order valence-electron chi connectivity index (χ1n) is 17.7. The van der Waals surface area contributed by atoms with Gasteiger partial charge in [0, 0.05) is 17.4 Å². The van der Waals surface area contributed by atoms with E-state index in [-0.39, 0.29) is 33.8 Å². The van der Waals surface area contributed by atoms with Crippen LogP contribution in [-0.4, -0.2) is 134 Å². The van der Waals surface area contributed by atoms with Gasteiger partial charge >= 0.3 is 0 Å². The highest BCUT2D eigenvalue weighted by Gasteiger charge is 2.50. The number of benzene rings is 4. The molecule has 4 aromatic rings. The molecular weight excluding hydrogens is 736 g/mol. The van der Waals surface area contributed by atoms with Crippen LogP contribution in [0, 0.1) is 0 Å². The summed E-state index contributed by atoms with van der Waals surface area (Å²) in [4.78, 5) is 0. The number of fused-ring (bicyclic) bond motifs is 1. The van der Waals surface area contributed by atoms with Crippen molar-refractivity contribution in [2.24, 2.45) is 0 Å². The number of aliphatic hydroxyl groups is 8. The molecule has 14 N–H and O–H groups in total. The van der Waals surface area contributed by atoms with Crippen LogP contribution in [0.3, 0.4) is 0 Å². The van der Waals surface area contributed by atoms with Gasteiger partial charge < -0.3 is 81.0 Å². The van der Waals surface area contributed by atoms with Crippen LogP contribution in [0.1, 0.15) is 63.0 Å². The Morgan fingerprint density at radius 1 is 0.482 bits per heavy atom. The molecule has 56 heavy (non-hydrogen) atoms. The molecule has 0 unspecified atom stereocenters. The first-order valence-corrected chi connectivity index (χ1v) is 17.7. The molecule has 298 valence electrons. The summed E-state index contributed by atoms with van der Waals surface area (Å²) in [5.41, 5.74) is 1.17. The molecule has 16 nitrogen and oxygen atoms in total. The Morgan fingerprint density at radius 2 is 0.946 bits per heavy atom. The maximum absolute atomic E-state index is 12.3. The second kappa shape index (κ2) is 15.2. The van der Waals surface area contributed by atoms with Crippen LogP contribution < -0.4 is 0 Å². The van der Waals surface area contributed by atoms with Crippen molar-refractivity contribution in [1.29, 1.82) is 0 Å². The van der Waals surface area contributed by atoms with E-state index >= 15 is 0 Å². The zero-order valence-corrected chi connectivity index (χ0v) is 29.3. The predicted molar refractivity (Wildman–Crippen MR) is 194 cm³/mol. The quantitative estimate of drug-likeness (QED) is 0.121. The van der Waals surface area contributed by atoms with Gasteiger partial charge in [0.1, 0.15) is 95.5 Å². The second-order valence-corrected chi connectivity index (χ2v) is 14.3. The molecule has 4 aromatic carbocycles. The molecule has 2 heterocycles.